The molecule has 1 amide bonds. The minimum Gasteiger partial charge on any atom is -0.318 e. The Hall–Kier alpha value is -2.90. The van der Waals surface area contributed by atoms with E-state index < -0.39 is 12.1 Å². The molecule has 2 heterocycles. The van der Waals surface area contributed by atoms with E-state index in [4.69, 9.17) is 0 Å². The number of fused-ring (bicyclic) bond motifs is 1. The summed E-state index contributed by atoms with van der Waals surface area (Å²) in [7, 11) is 0. The molecular formula is C14H9F3N4O. The van der Waals surface area contributed by atoms with Crippen LogP contribution in [-0.4, -0.2) is 27.3 Å². The molecule has 0 spiro atoms. The minimum absolute atomic E-state index is 0.0727. The van der Waals surface area contributed by atoms with Gasteiger partial charge in [0.05, 0.1) is 6.20 Å². The molecule has 3 rings (SSSR count). The van der Waals surface area contributed by atoms with E-state index in [9.17, 15) is 18.0 Å². The van der Waals surface area contributed by atoms with Crippen LogP contribution in [-0.2, 0) is 4.79 Å². The van der Waals surface area contributed by atoms with Gasteiger partial charge in [0.25, 0.3) is 0 Å². The fraction of sp³-hybridized carbons (Fsp3) is 0.0714. The van der Waals surface area contributed by atoms with Crippen LogP contribution >= 0.6 is 0 Å². The van der Waals surface area contributed by atoms with E-state index in [1.165, 1.54) is 12.1 Å². The SMILES string of the molecule is O=C(Nc1ccc(-c2ccnc3[nH]ncc23)cc1)C(F)(F)F. The van der Waals surface area contributed by atoms with Crippen molar-refractivity contribution in [2.24, 2.45) is 0 Å². The molecule has 112 valence electrons. The molecule has 0 atom stereocenters. The van der Waals surface area contributed by atoms with Crippen LogP contribution in [0.3, 0.4) is 0 Å². The van der Waals surface area contributed by atoms with E-state index in [2.05, 4.69) is 15.2 Å². The number of nitrogens with zero attached hydrogens (tertiary/aromatic N) is 2. The highest BCUT2D eigenvalue weighted by Crippen LogP contribution is 2.27. The number of rotatable bonds is 2. The van der Waals surface area contributed by atoms with Crippen molar-refractivity contribution < 1.29 is 18.0 Å². The molecule has 8 heteroatoms. The topological polar surface area (TPSA) is 70.7 Å². The first kappa shape index (κ1) is 14.1. The molecule has 0 saturated heterocycles. The Labute approximate surface area is 122 Å². The standard InChI is InChI=1S/C14H9F3N4O/c15-14(16,17)13(22)20-9-3-1-8(2-4-9)10-5-6-18-12-11(10)7-19-21-12/h1-7H,(H,20,22)(H,18,19,21). The van der Waals surface area contributed by atoms with Gasteiger partial charge in [-0.1, -0.05) is 12.1 Å². The fourth-order valence-electron chi connectivity index (χ4n) is 2.04. The lowest BCUT2D eigenvalue weighted by molar-refractivity contribution is -0.167. The van der Waals surface area contributed by atoms with Crippen LogP contribution in [0.15, 0.2) is 42.7 Å². The van der Waals surface area contributed by atoms with Crippen LogP contribution in [0.5, 0.6) is 0 Å². The van der Waals surface area contributed by atoms with E-state index in [1.807, 2.05) is 0 Å². The Morgan fingerprint density at radius 1 is 1.14 bits per heavy atom. The number of pyridine rings is 1. The highest BCUT2D eigenvalue weighted by Gasteiger charge is 2.38. The van der Waals surface area contributed by atoms with Crippen LogP contribution in [0.1, 0.15) is 0 Å². The summed E-state index contributed by atoms with van der Waals surface area (Å²) in [4.78, 5) is 15.0. The maximum Gasteiger partial charge on any atom is 0.471 e. The number of aromatic amines is 1. The smallest absolute Gasteiger partial charge is 0.318 e. The van der Waals surface area contributed by atoms with Crippen molar-refractivity contribution in [2.45, 2.75) is 6.18 Å². The Bertz CT molecular complexity index is 824. The summed E-state index contributed by atoms with van der Waals surface area (Å²) in [6.07, 6.45) is -1.68. The molecular weight excluding hydrogens is 297 g/mol. The zero-order valence-corrected chi connectivity index (χ0v) is 11.0. The van der Waals surface area contributed by atoms with Gasteiger partial charge < -0.3 is 5.32 Å². The number of hydrogen-bond acceptors (Lipinski definition) is 3. The van der Waals surface area contributed by atoms with Crippen LogP contribution in [0.2, 0.25) is 0 Å². The monoisotopic (exact) mass is 306 g/mol. The summed E-state index contributed by atoms with van der Waals surface area (Å²) in [6, 6.07) is 7.83. The maximum atomic E-state index is 12.2. The molecule has 0 radical (unpaired) electrons. The molecule has 0 bridgehead atoms. The Morgan fingerprint density at radius 3 is 2.55 bits per heavy atom. The summed E-state index contributed by atoms with van der Waals surface area (Å²) >= 11 is 0. The van der Waals surface area contributed by atoms with Crippen LogP contribution < -0.4 is 5.32 Å². The lowest BCUT2D eigenvalue weighted by atomic mass is 10.0. The van der Waals surface area contributed by atoms with Crippen molar-refractivity contribution >= 4 is 22.6 Å². The van der Waals surface area contributed by atoms with Crippen LogP contribution in [0, 0.1) is 0 Å². The number of anilines is 1. The van der Waals surface area contributed by atoms with E-state index in [1.54, 1.807) is 35.9 Å². The van der Waals surface area contributed by atoms with Crippen LogP contribution in [0.4, 0.5) is 18.9 Å². The normalized spacial score (nSPS) is 11.6. The second-order valence-electron chi connectivity index (χ2n) is 4.52. The van der Waals surface area contributed by atoms with Gasteiger partial charge in [0.15, 0.2) is 5.65 Å². The van der Waals surface area contributed by atoms with Crippen LogP contribution in [0.25, 0.3) is 22.2 Å². The van der Waals surface area contributed by atoms with E-state index in [-0.39, 0.29) is 5.69 Å². The molecule has 1 aromatic carbocycles. The van der Waals surface area contributed by atoms with Crippen molar-refractivity contribution in [1.82, 2.24) is 15.2 Å². The third-order valence-electron chi connectivity index (χ3n) is 3.07. The number of halogens is 3. The van der Waals surface area contributed by atoms with Crippen molar-refractivity contribution in [3.63, 3.8) is 0 Å². The van der Waals surface area contributed by atoms with Crippen molar-refractivity contribution in [1.29, 1.82) is 0 Å². The second kappa shape index (κ2) is 5.14. The molecule has 5 nitrogen and oxygen atoms in total. The number of alkyl halides is 3. The average Bonchev–Trinajstić information content (AvgIpc) is 2.95. The van der Waals surface area contributed by atoms with Gasteiger partial charge in [0, 0.05) is 17.3 Å². The fourth-order valence-corrected chi connectivity index (χ4v) is 2.04. The number of benzene rings is 1. The third-order valence-corrected chi connectivity index (χ3v) is 3.07. The number of H-pyrrole nitrogens is 1. The number of carbonyl (C=O) groups is 1. The van der Waals surface area contributed by atoms with Crippen molar-refractivity contribution in [2.75, 3.05) is 5.32 Å². The number of hydrogen-bond donors (Lipinski definition) is 2. The molecule has 0 aliphatic rings. The highest BCUT2D eigenvalue weighted by molar-refractivity contribution is 5.96. The molecule has 0 fully saturated rings. The second-order valence-corrected chi connectivity index (χ2v) is 4.52. The summed E-state index contributed by atoms with van der Waals surface area (Å²) in [5, 5.41) is 9.24. The summed E-state index contributed by atoms with van der Waals surface area (Å²) in [5.74, 6) is -2.00. The van der Waals surface area contributed by atoms with Crippen molar-refractivity contribution in [3.05, 3.63) is 42.7 Å². The molecule has 2 aromatic heterocycles. The lowest BCUT2D eigenvalue weighted by Gasteiger charge is -2.09. The Kier molecular flexibility index (Phi) is 3.28. The first-order valence-corrected chi connectivity index (χ1v) is 6.22. The van der Waals surface area contributed by atoms with Gasteiger partial charge in [-0.25, -0.2) is 4.98 Å². The molecule has 2 N–H and O–H groups in total. The van der Waals surface area contributed by atoms with Gasteiger partial charge in [-0.3, -0.25) is 9.89 Å². The van der Waals surface area contributed by atoms with Gasteiger partial charge in [0.1, 0.15) is 0 Å². The number of carbonyl (C=O) groups excluding carboxylic acids is 1. The Morgan fingerprint density at radius 2 is 1.86 bits per heavy atom. The number of nitrogens with one attached hydrogen (secondary N) is 2. The molecule has 0 aliphatic heterocycles. The first-order valence-electron chi connectivity index (χ1n) is 6.22. The summed E-state index contributed by atoms with van der Waals surface area (Å²) in [6.45, 7) is 0. The predicted molar refractivity (Wildman–Crippen MR) is 74.0 cm³/mol. The van der Waals surface area contributed by atoms with Crippen molar-refractivity contribution in [3.8, 4) is 11.1 Å². The first-order chi connectivity index (χ1) is 10.4. The Balaban J connectivity index is 1.89. The maximum absolute atomic E-state index is 12.2. The van der Waals surface area contributed by atoms with Gasteiger partial charge in [-0.2, -0.15) is 18.3 Å². The third kappa shape index (κ3) is 2.62. The lowest BCUT2D eigenvalue weighted by Crippen LogP contribution is -2.29. The highest BCUT2D eigenvalue weighted by atomic mass is 19.4. The summed E-state index contributed by atoms with van der Waals surface area (Å²) < 4.78 is 36.6. The number of amides is 1. The zero-order valence-electron chi connectivity index (χ0n) is 11.0. The van der Waals surface area contributed by atoms with Gasteiger partial charge >= 0.3 is 12.1 Å². The molecule has 0 unspecified atom stereocenters. The predicted octanol–water partition coefficient (Wildman–Crippen LogP) is 3.13. The van der Waals surface area contributed by atoms with E-state index in [0.717, 1.165) is 16.5 Å². The van der Waals surface area contributed by atoms with E-state index in [0.29, 0.717) is 5.65 Å². The quantitative estimate of drug-likeness (QED) is 0.764. The number of aromatic nitrogens is 3. The van der Waals surface area contributed by atoms with Gasteiger partial charge in [-0.15, -0.1) is 0 Å². The molecule has 3 aromatic rings. The summed E-state index contributed by atoms with van der Waals surface area (Å²) in [5.41, 5.74) is 2.31. The average molecular weight is 306 g/mol. The zero-order chi connectivity index (χ0) is 15.7. The van der Waals surface area contributed by atoms with Gasteiger partial charge in [-0.05, 0) is 29.3 Å². The molecule has 0 saturated carbocycles. The molecule has 0 aliphatic carbocycles. The van der Waals surface area contributed by atoms with Gasteiger partial charge in [0.2, 0.25) is 0 Å². The largest absolute Gasteiger partial charge is 0.471 e. The molecule has 22 heavy (non-hydrogen) atoms. The van der Waals surface area contributed by atoms with E-state index >= 15 is 0 Å². The minimum atomic E-state index is -4.91.